The van der Waals surface area contributed by atoms with Gasteiger partial charge in [-0.1, -0.05) is 20.3 Å². The van der Waals surface area contributed by atoms with Gasteiger partial charge >= 0.3 is 0 Å². The van der Waals surface area contributed by atoms with E-state index in [0.717, 1.165) is 12.8 Å². The SMILES string of the molecule is CCC(C)C1NC(=O)C(C)N(C2CCOC2)C1=O. The topological polar surface area (TPSA) is 58.6 Å². The van der Waals surface area contributed by atoms with Crippen molar-refractivity contribution in [3.05, 3.63) is 0 Å². The van der Waals surface area contributed by atoms with Gasteiger partial charge in [-0.05, 0) is 19.3 Å². The highest BCUT2D eigenvalue weighted by Gasteiger charge is 2.43. The Hall–Kier alpha value is -1.10. The van der Waals surface area contributed by atoms with Crippen LogP contribution in [0.2, 0.25) is 0 Å². The van der Waals surface area contributed by atoms with Crippen molar-refractivity contribution < 1.29 is 14.3 Å². The van der Waals surface area contributed by atoms with E-state index in [0.29, 0.717) is 13.2 Å². The number of ether oxygens (including phenoxy) is 1. The van der Waals surface area contributed by atoms with Gasteiger partial charge in [0.05, 0.1) is 12.6 Å². The third-order valence-corrected chi connectivity index (χ3v) is 4.13. The van der Waals surface area contributed by atoms with Crippen LogP contribution in [-0.2, 0) is 14.3 Å². The number of carbonyl (C=O) groups is 2. The van der Waals surface area contributed by atoms with Gasteiger partial charge in [0.1, 0.15) is 12.1 Å². The Balaban J connectivity index is 2.19. The Bertz CT molecular complexity index is 339. The molecule has 102 valence electrons. The molecule has 2 fully saturated rings. The van der Waals surface area contributed by atoms with Crippen molar-refractivity contribution in [1.29, 1.82) is 0 Å². The van der Waals surface area contributed by atoms with Gasteiger partial charge in [0.2, 0.25) is 11.8 Å². The largest absolute Gasteiger partial charge is 0.379 e. The van der Waals surface area contributed by atoms with Crippen LogP contribution in [0.5, 0.6) is 0 Å². The highest BCUT2D eigenvalue weighted by molar-refractivity contribution is 5.97. The standard InChI is InChI=1S/C13H22N2O3/c1-4-8(2)11-13(17)15(9(3)12(16)14-11)10-5-6-18-7-10/h8-11H,4-7H2,1-3H3,(H,14,16). The van der Waals surface area contributed by atoms with Crippen LogP contribution < -0.4 is 5.32 Å². The van der Waals surface area contributed by atoms with E-state index >= 15 is 0 Å². The molecule has 18 heavy (non-hydrogen) atoms. The minimum Gasteiger partial charge on any atom is -0.379 e. The van der Waals surface area contributed by atoms with E-state index in [9.17, 15) is 9.59 Å². The highest BCUT2D eigenvalue weighted by atomic mass is 16.5. The van der Waals surface area contributed by atoms with Crippen molar-refractivity contribution in [2.45, 2.75) is 51.7 Å². The van der Waals surface area contributed by atoms with E-state index in [1.54, 1.807) is 11.8 Å². The Labute approximate surface area is 108 Å². The first-order valence-corrected chi connectivity index (χ1v) is 6.76. The molecule has 2 saturated heterocycles. The summed E-state index contributed by atoms with van der Waals surface area (Å²) in [4.78, 5) is 26.3. The fourth-order valence-electron chi connectivity index (χ4n) is 2.67. The Kier molecular flexibility index (Phi) is 3.90. The minimum absolute atomic E-state index is 0.0481. The third kappa shape index (κ3) is 2.23. The molecular formula is C13H22N2O3. The maximum Gasteiger partial charge on any atom is 0.246 e. The maximum atomic E-state index is 12.5. The molecule has 5 nitrogen and oxygen atoms in total. The van der Waals surface area contributed by atoms with E-state index in [4.69, 9.17) is 4.74 Å². The van der Waals surface area contributed by atoms with Crippen molar-refractivity contribution >= 4 is 11.8 Å². The second-order valence-corrected chi connectivity index (χ2v) is 5.31. The van der Waals surface area contributed by atoms with Crippen LogP contribution in [0.15, 0.2) is 0 Å². The molecule has 2 heterocycles. The smallest absolute Gasteiger partial charge is 0.246 e. The van der Waals surface area contributed by atoms with Crippen molar-refractivity contribution in [2.75, 3.05) is 13.2 Å². The van der Waals surface area contributed by atoms with Crippen LogP contribution in [0, 0.1) is 5.92 Å². The summed E-state index contributed by atoms with van der Waals surface area (Å²) in [5.41, 5.74) is 0. The highest BCUT2D eigenvalue weighted by Crippen LogP contribution is 2.23. The number of rotatable bonds is 3. The Morgan fingerprint density at radius 3 is 2.78 bits per heavy atom. The lowest BCUT2D eigenvalue weighted by Gasteiger charge is -2.42. The summed E-state index contributed by atoms with van der Waals surface area (Å²) in [6, 6.07) is -0.700. The summed E-state index contributed by atoms with van der Waals surface area (Å²) in [5, 5.41) is 2.85. The molecule has 0 bridgehead atoms. The third-order valence-electron chi connectivity index (χ3n) is 4.13. The fraction of sp³-hybridized carbons (Fsp3) is 0.846. The fourth-order valence-corrected chi connectivity index (χ4v) is 2.67. The Morgan fingerprint density at radius 1 is 1.50 bits per heavy atom. The van der Waals surface area contributed by atoms with Crippen LogP contribution >= 0.6 is 0 Å². The summed E-state index contributed by atoms with van der Waals surface area (Å²) in [6.45, 7) is 7.05. The first kappa shape index (κ1) is 13.3. The van der Waals surface area contributed by atoms with Crippen LogP contribution in [0.1, 0.15) is 33.6 Å². The van der Waals surface area contributed by atoms with Gasteiger partial charge in [0.25, 0.3) is 0 Å². The second-order valence-electron chi connectivity index (χ2n) is 5.31. The van der Waals surface area contributed by atoms with Crippen molar-refractivity contribution in [1.82, 2.24) is 10.2 Å². The quantitative estimate of drug-likeness (QED) is 0.799. The maximum absolute atomic E-state index is 12.5. The van der Waals surface area contributed by atoms with Gasteiger partial charge < -0.3 is 15.0 Å². The van der Waals surface area contributed by atoms with Gasteiger partial charge in [-0.2, -0.15) is 0 Å². The van der Waals surface area contributed by atoms with E-state index in [2.05, 4.69) is 5.32 Å². The molecule has 4 unspecified atom stereocenters. The lowest BCUT2D eigenvalue weighted by Crippen LogP contribution is -2.66. The number of amides is 2. The molecule has 2 aliphatic heterocycles. The molecule has 0 aromatic heterocycles. The van der Waals surface area contributed by atoms with Gasteiger partial charge in [-0.3, -0.25) is 9.59 Å². The molecule has 2 rings (SSSR count). The minimum atomic E-state index is -0.385. The second kappa shape index (κ2) is 5.26. The van der Waals surface area contributed by atoms with Crippen molar-refractivity contribution in [3.63, 3.8) is 0 Å². The zero-order chi connectivity index (χ0) is 13.3. The van der Waals surface area contributed by atoms with Crippen LogP contribution in [0.25, 0.3) is 0 Å². The first-order chi connectivity index (χ1) is 8.56. The molecule has 2 aliphatic rings. The van der Waals surface area contributed by atoms with Crippen LogP contribution in [0.3, 0.4) is 0 Å². The number of piperazine rings is 1. The van der Waals surface area contributed by atoms with Gasteiger partial charge in [0, 0.05) is 6.61 Å². The number of nitrogens with one attached hydrogen (secondary N) is 1. The van der Waals surface area contributed by atoms with Gasteiger partial charge in [0.15, 0.2) is 0 Å². The van der Waals surface area contributed by atoms with Gasteiger partial charge in [-0.25, -0.2) is 0 Å². The number of hydrogen-bond acceptors (Lipinski definition) is 3. The number of nitrogens with zero attached hydrogens (tertiary/aromatic N) is 1. The van der Waals surface area contributed by atoms with E-state index in [1.165, 1.54) is 0 Å². The van der Waals surface area contributed by atoms with E-state index in [-0.39, 0.29) is 35.9 Å². The summed E-state index contributed by atoms with van der Waals surface area (Å²) in [5.74, 6) is 0.164. The zero-order valence-electron chi connectivity index (χ0n) is 11.3. The molecule has 0 spiro atoms. The molecule has 2 amide bonds. The zero-order valence-corrected chi connectivity index (χ0v) is 11.3. The summed E-state index contributed by atoms with van der Waals surface area (Å²) < 4.78 is 5.34. The van der Waals surface area contributed by atoms with Crippen LogP contribution in [0.4, 0.5) is 0 Å². The molecule has 0 radical (unpaired) electrons. The van der Waals surface area contributed by atoms with Gasteiger partial charge in [-0.15, -0.1) is 0 Å². The van der Waals surface area contributed by atoms with E-state index < -0.39 is 0 Å². The number of carbonyl (C=O) groups excluding carboxylic acids is 2. The molecule has 0 aromatic rings. The average Bonchev–Trinajstić information content (AvgIpc) is 2.87. The average molecular weight is 254 g/mol. The summed E-state index contributed by atoms with van der Waals surface area (Å²) >= 11 is 0. The molecule has 1 N–H and O–H groups in total. The number of hydrogen-bond donors (Lipinski definition) is 1. The molecule has 4 atom stereocenters. The van der Waals surface area contributed by atoms with Crippen molar-refractivity contribution in [3.8, 4) is 0 Å². The molecule has 5 heteroatoms. The lowest BCUT2D eigenvalue weighted by atomic mass is 9.93. The predicted molar refractivity (Wildman–Crippen MR) is 66.9 cm³/mol. The lowest BCUT2D eigenvalue weighted by molar-refractivity contribution is -0.152. The first-order valence-electron chi connectivity index (χ1n) is 6.76. The molecule has 0 aromatic carbocycles. The molecule has 0 saturated carbocycles. The molecule has 0 aliphatic carbocycles. The van der Waals surface area contributed by atoms with Crippen molar-refractivity contribution in [2.24, 2.45) is 5.92 Å². The molecular weight excluding hydrogens is 232 g/mol. The summed E-state index contributed by atoms with van der Waals surface area (Å²) in [6.07, 6.45) is 1.71. The predicted octanol–water partition coefficient (Wildman–Crippen LogP) is 0.537. The summed E-state index contributed by atoms with van der Waals surface area (Å²) in [7, 11) is 0. The Morgan fingerprint density at radius 2 is 2.22 bits per heavy atom. The van der Waals surface area contributed by atoms with E-state index in [1.807, 2.05) is 13.8 Å². The van der Waals surface area contributed by atoms with Crippen LogP contribution in [-0.4, -0.2) is 48.1 Å². The monoisotopic (exact) mass is 254 g/mol. The normalized spacial score (nSPS) is 34.6.